The lowest BCUT2D eigenvalue weighted by Crippen LogP contribution is -2.51. The van der Waals surface area contributed by atoms with Crippen molar-refractivity contribution >= 4 is 12.0 Å². The maximum Gasteiger partial charge on any atom is 0.406 e. The number of hydrogen-bond acceptors (Lipinski definition) is 3. The van der Waals surface area contributed by atoms with Crippen molar-refractivity contribution < 1.29 is 33.0 Å². The number of carbonyl (C=O) groups excluding carboxylic acids is 1. The zero-order valence-corrected chi connectivity index (χ0v) is 9.70. The van der Waals surface area contributed by atoms with Gasteiger partial charge in [0.1, 0.15) is 6.54 Å². The molecule has 0 spiro atoms. The van der Waals surface area contributed by atoms with Crippen molar-refractivity contribution in [2.75, 3.05) is 19.7 Å². The first kappa shape index (κ1) is 16.5. The van der Waals surface area contributed by atoms with Crippen LogP contribution < -0.4 is 5.32 Å². The highest BCUT2D eigenvalue weighted by molar-refractivity contribution is 5.82. The zero-order chi connectivity index (χ0) is 14.3. The monoisotopic (exact) mass is 272 g/mol. The molecular formula is C9H15F3N2O4. The third kappa shape index (κ3) is 6.28. The highest BCUT2D eigenvalue weighted by Crippen LogP contribution is 2.16. The Hall–Kier alpha value is -1.51. The van der Waals surface area contributed by atoms with Crippen LogP contribution in [0.15, 0.2) is 0 Å². The Labute approximate surface area is 101 Å². The summed E-state index contributed by atoms with van der Waals surface area (Å²) >= 11 is 0. The van der Waals surface area contributed by atoms with E-state index in [1.807, 2.05) is 5.32 Å². The van der Waals surface area contributed by atoms with E-state index in [1.165, 1.54) is 0 Å². The first-order valence-corrected chi connectivity index (χ1v) is 5.17. The summed E-state index contributed by atoms with van der Waals surface area (Å²) in [7, 11) is 0. The van der Waals surface area contributed by atoms with Gasteiger partial charge in [-0.1, -0.05) is 6.92 Å². The molecule has 0 bridgehead atoms. The van der Waals surface area contributed by atoms with Crippen LogP contribution in [0.5, 0.6) is 0 Å². The van der Waals surface area contributed by atoms with Crippen molar-refractivity contribution in [3.05, 3.63) is 0 Å². The fourth-order valence-electron chi connectivity index (χ4n) is 1.16. The molecule has 1 atom stereocenters. The number of aliphatic carboxylic acids is 1. The number of hydrogen-bond donors (Lipinski definition) is 3. The number of aliphatic hydroxyl groups is 1. The summed E-state index contributed by atoms with van der Waals surface area (Å²) in [6.07, 6.45) is -4.27. The summed E-state index contributed by atoms with van der Waals surface area (Å²) in [5.74, 6) is -1.52. The second-order valence-electron chi connectivity index (χ2n) is 3.56. The van der Waals surface area contributed by atoms with Crippen LogP contribution in [0.1, 0.15) is 13.3 Å². The molecule has 6 nitrogen and oxygen atoms in total. The van der Waals surface area contributed by atoms with Crippen LogP contribution in [-0.2, 0) is 4.79 Å². The minimum atomic E-state index is -4.57. The van der Waals surface area contributed by atoms with Gasteiger partial charge in [0.25, 0.3) is 0 Å². The Bertz CT molecular complexity index is 296. The maximum atomic E-state index is 12.2. The van der Waals surface area contributed by atoms with Crippen LogP contribution in [0.25, 0.3) is 0 Å². The largest absolute Gasteiger partial charge is 0.480 e. The highest BCUT2D eigenvalue weighted by atomic mass is 19.4. The third-order valence-corrected chi connectivity index (χ3v) is 1.93. The Kier molecular flexibility index (Phi) is 6.45. The van der Waals surface area contributed by atoms with E-state index in [-0.39, 0.29) is 6.54 Å². The molecule has 0 saturated carbocycles. The number of nitrogens with one attached hydrogen (secondary N) is 1. The van der Waals surface area contributed by atoms with Crippen LogP contribution in [-0.4, -0.2) is 59.0 Å². The smallest absolute Gasteiger partial charge is 0.406 e. The van der Waals surface area contributed by atoms with Gasteiger partial charge in [0.15, 0.2) is 6.04 Å². The van der Waals surface area contributed by atoms with Crippen molar-refractivity contribution in [2.24, 2.45) is 0 Å². The molecule has 0 saturated heterocycles. The van der Waals surface area contributed by atoms with Crippen LogP contribution in [0.2, 0.25) is 0 Å². The quantitative estimate of drug-likeness (QED) is 0.653. The predicted molar refractivity (Wildman–Crippen MR) is 55.0 cm³/mol. The van der Waals surface area contributed by atoms with Crippen molar-refractivity contribution in [1.29, 1.82) is 0 Å². The van der Waals surface area contributed by atoms with E-state index in [2.05, 4.69) is 0 Å². The summed E-state index contributed by atoms with van der Waals surface area (Å²) < 4.78 is 36.5. The maximum absolute atomic E-state index is 12.2. The summed E-state index contributed by atoms with van der Waals surface area (Å²) in [6.45, 7) is -0.946. The van der Waals surface area contributed by atoms with Crippen molar-refractivity contribution in [1.82, 2.24) is 10.2 Å². The highest BCUT2D eigenvalue weighted by Gasteiger charge is 2.33. The van der Waals surface area contributed by atoms with Crippen LogP contribution in [0.3, 0.4) is 0 Å². The van der Waals surface area contributed by atoms with Gasteiger partial charge in [0, 0.05) is 6.54 Å². The fourth-order valence-corrected chi connectivity index (χ4v) is 1.16. The third-order valence-electron chi connectivity index (χ3n) is 1.93. The Balaban J connectivity index is 4.61. The van der Waals surface area contributed by atoms with E-state index in [1.54, 1.807) is 6.92 Å². The van der Waals surface area contributed by atoms with Crippen molar-refractivity contribution in [3.63, 3.8) is 0 Å². The fraction of sp³-hybridized carbons (Fsp3) is 0.778. The molecule has 0 aliphatic heterocycles. The Morgan fingerprint density at radius 3 is 2.28 bits per heavy atom. The average molecular weight is 272 g/mol. The lowest BCUT2D eigenvalue weighted by molar-refractivity contribution is -0.141. The second-order valence-corrected chi connectivity index (χ2v) is 3.56. The molecule has 0 rings (SSSR count). The van der Waals surface area contributed by atoms with Crippen LogP contribution in [0, 0.1) is 0 Å². The summed E-state index contributed by atoms with van der Waals surface area (Å²) in [5, 5.41) is 19.0. The number of amides is 2. The first-order chi connectivity index (χ1) is 8.21. The van der Waals surface area contributed by atoms with E-state index in [0.717, 1.165) is 0 Å². The molecule has 0 fully saturated rings. The van der Waals surface area contributed by atoms with Gasteiger partial charge in [-0.3, -0.25) is 0 Å². The van der Waals surface area contributed by atoms with Crippen molar-refractivity contribution in [2.45, 2.75) is 25.6 Å². The topological polar surface area (TPSA) is 89.9 Å². The van der Waals surface area contributed by atoms with E-state index in [0.29, 0.717) is 11.3 Å². The molecule has 106 valence electrons. The van der Waals surface area contributed by atoms with E-state index < -0.39 is 37.4 Å². The van der Waals surface area contributed by atoms with E-state index in [4.69, 9.17) is 10.2 Å². The Morgan fingerprint density at radius 1 is 1.39 bits per heavy atom. The average Bonchev–Trinajstić information content (AvgIpc) is 2.22. The van der Waals surface area contributed by atoms with Gasteiger partial charge in [-0.25, -0.2) is 9.59 Å². The number of carboxylic acids is 1. The molecule has 2 amide bonds. The Morgan fingerprint density at radius 2 is 1.94 bits per heavy atom. The van der Waals surface area contributed by atoms with E-state index in [9.17, 15) is 22.8 Å². The predicted octanol–water partition coefficient (Wildman–Crippen LogP) is 0.416. The molecule has 0 aromatic heterocycles. The van der Waals surface area contributed by atoms with Gasteiger partial charge in [-0.15, -0.1) is 0 Å². The van der Waals surface area contributed by atoms with Gasteiger partial charge in [-0.2, -0.15) is 13.2 Å². The second kappa shape index (κ2) is 7.04. The van der Waals surface area contributed by atoms with Gasteiger partial charge >= 0.3 is 18.2 Å². The molecule has 9 heteroatoms. The van der Waals surface area contributed by atoms with E-state index >= 15 is 0 Å². The molecule has 0 aliphatic carbocycles. The van der Waals surface area contributed by atoms with Gasteiger partial charge in [-0.05, 0) is 6.42 Å². The van der Waals surface area contributed by atoms with Crippen LogP contribution >= 0.6 is 0 Å². The number of carboxylic acid groups (broad SMARTS) is 1. The minimum absolute atomic E-state index is 0.164. The number of nitrogens with zero attached hydrogens (tertiary/aromatic N) is 1. The van der Waals surface area contributed by atoms with Gasteiger partial charge < -0.3 is 20.4 Å². The molecule has 0 aliphatic rings. The summed E-state index contributed by atoms with van der Waals surface area (Å²) in [5.41, 5.74) is 0. The number of carbonyl (C=O) groups is 2. The number of halogens is 3. The standard InChI is InChI=1S/C9H15F3N2O4/c1-2-3-14(5-9(10,11)12)8(18)13-6(4-15)7(16)17/h6,15H,2-5H2,1H3,(H,13,18)(H,16,17)/t6-/m1/s1. The number of urea groups is 1. The summed E-state index contributed by atoms with van der Waals surface area (Å²) in [4.78, 5) is 22.4. The number of aliphatic hydroxyl groups excluding tert-OH is 1. The van der Waals surface area contributed by atoms with Crippen molar-refractivity contribution in [3.8, 4) is 0 Å². The molecule has 0 aromatic rings. The molecule has 3 N–H and O–H groups in total. The molecule has 18 heavy (non-hydrogen) atoms. The normalized spacial score (nSPS) is 12.9. The lowest BCUT2D eigenvalue weighted by Gasteiger charge is -2.25. The molecule has 0 radical (unpaired) electrons. The number of rotatable bonds is 6. The summed E-state index contributed by atoms with van der Waals surface area (Å²) in [6, 6.07) is -2.79. The SMILES string of the molecule is CCCN(CC(F)(F)F)C(=O)N[C@H](CO)C(=O)O. The van der Waals surface area contributed by atoms with Gasteiger partial charge in [0.05, 0.1) is 6.61 Å². The van der Waals surface area contributed by atoms with Gasteiger partial charge in [0.2, 0.25) is 0 Å². The molecule has 0 heterocycles. The number of alkyl halides is 3. The minimum Gasteiger partial charge on any atom is -0.480 e. The first-order valence-electron chi connectivity index (χ1n) is 5.17. The van der Waals surface area contributed by atoms with Crippen LogP contribution in [0.4, 0.5) is 18.0 Å². The molecular weight excluding hydrogens is 257 g/mol. The molecule has 0 aromatic carbocycles. The zero-order valence-electron chi connectivity index (χ0n) is 9.70. The lowest BCUT2D eigenvalue weighted by atomic mass is 10.3. The molecule has 0 unspecified atom stereocenters.